The van der Waals surface area contributed by atoms with Crippen molar-refractivity contribution in [1.82, 2.24) is 5.32 Å². The van der Waals surface area contributed by atoms with E-state index in [0.29, 0.717) is 29.5 Å². The minimum Gasteiger partial charge on any atom is -0.494 e. The van der Waals surface area contributed by atoms with Gasteiger partial charge in [-0.05, 0) is 66.6 Å². The molecule has 7 nitrogen and oxygen atoms in total. The van der Waals surface area contributed by atoms with Crippen molar-refractivity contribution in [3.63, 3.8) is 0 Å². The van der Waals surface area contributed by atoms with Gasteiger partial charge in [0.1, 0.15) is 17.5 Å². The molecule has 1 amide bonds. The molecule has 2 N–H and O–H groups in total. The molecule has 0 spiro atoms. The highest BCUT2D eigenvalue weighted by Crippen LogP contribution is 2.29. The summed E-state index contributed by atoms with van der Waals surface area (Å²) >= 11 is 0. The van der Waals surface area contributed by atoms with Crippen molar-refractivity contribution in [1.29, 1.82) is 0 Å². The predicted octanol–water partition coefficient (Wildman–Crippen LogP) is 6.70. The second-order valence-electron chi connectivity index (χ2n) is 9.47. The number of hydrogen-bond donors (Lipinski definition) is 2. The molecule has 218 valence electrons. The first-order valence-electron chi connectivity index (χ1n) is 13.3. The number of rotatable bonds is 14. The van der Waals surface area contributed by atoms with Crippen LogP contribution in [0.3, 0.4) is 0 Å². The van der Waals surface area contributed by atoms with Crippen LogP contribution in [0.2, 0.25) is 0 Å². The Labute approximate surface area is 236 Å². The number of alkyl halides is 3. The molecule has 0 aromatic heterocycles. The maximum absolute atomic E-state index is 13.0. The van der Waals surface area contributed by atoms with Gasteiger partial charge in [-0.15, -0.1) is 0 Å². The summed E-state index contributed by atoms with van der Waals surface area (Å²) < 4.78 is 49.9. The van der Waals surface area contributed by atoms with E-state index < -0.39 is 35.6 Å². The molecule has 10 heteroatoms. The molecule has 0 heterocycles. The van der Waals surface area contributed by atoms with Gasteiger partial charge in [0.25, 0.3) is 5.91 Å². The molecule has 3 rings (SSSR count). The quantitative estimate of drug-likeness (QED) is 0.127. The van der Waals surface area contributed by atoms with Crippen LogP contribution in [0.1, 0.15) is 70.9 Å². The molecule has 0 aliphatic rings. The average molecular weight is 572 g/mol. The highest BCUT2D eigenvalue weighted by atomic mass is 19.4. The topological polar surface area (TPSA) is 102 Å². The number of ether oxygens (including phenoxy) is 2. The van der Waals surface area contributed by atoms with E-state index >= 15 is 0 Å². The predicted molar refractivity (Wildman–Crippen MR) is 146 cm³/mol. The smallest absolute Gasteiger partial charge is 0.416 e. The van der Waals surface area contributed by atoms with Crippen LogP contribution in [-0.4, -0.2) is 35.6 Å². The van der Waals surface area contributed by atoms with Gasteiger partial charge < -0.3 is 19.9 Å². The van der Waals surface area contributed by atoms with Crippen molar-refractivity contribution in [2.75, 3.05) is 6.61 Å². The van der Waals surface area contributed by atoms with Gasteiger partial charge in [-0.3, -0.25) is 4.79 Å². The number of halogens is 3. The Morgan fingerprint density at radius 3 is 2.15 bits per heavy atom. The van der Waals surface area contributed by atoms with Crippen molar-refractivity contribution in [2.24, 2.45) is 0 Å². The molecule has 0 saturated carbocycles. The Morgan fingerprint density at radius 2 is 1.51 bits per heavy atom. The van der Waals surface area contributed by atoms with Gasteiger partial charge in [-0.2, -0.15) is 13.2 Å². The van der Waals surface area contributed by atoms with Gasteiger partial charge >= 0.3 is 18.1 Å². The van der Waals surface area contributed by atoms with Crippen molar-refractivity contribution < 1.29 is 42.1 Å². The standard InChI is InChI=1S/C31H32F3NO6/c1-2-3-4-5-6-18-40-25-16-12-22(13-17-25)30(39)41-26-14-10-21(11-15-26)19-27(29(37)38)35-28(36)23-8-7-9-24(20-23)31(32,33)34/h7-17,20,27H,2-6,18-19H2,1H3,(H,35,36)(H,37,38)/t27-/m0/s1. The fraction of sp³-hybridized carbons (Fsp3) is 0.323. The Morgan fingerprint density at radius 1 is 0.854 bits per heavy atom. The number of amides is 1. The molecule has 3 aromatic rings. The third kappa shape index (κ3) is 9.97. The summed E-state index contributed by atoms with van der Waals surface area (Å²) in [4.78, 5) is 36.7. The summed E-state index contributed by atoms with van der Waals surface area (Å²) in [5.74, 6) is -2.00. The summed E-state index contributed by atoms with van der Waals surface area (Å²) in [5, 5.41) is 11.8. The van der Waals surface area contributed by atoms with E-state index in [2.05, 4.69) is 12.2 Å². The zero-order valence-corrected chi connectivity index (χ0v) is 22.6. The number of unbranched alkanes of at least 4 members (excludes halogenated alkanes) is 4. The molecule has 0 saturated heterocycles. The molecule has 0 aliphatic carbocycles. The first-order chi connectivity index (χ1) is 19.6. The van der Waals surface area contributed by atoms with Gasteiger partial charge in [0.15, 0.2) is 0 Å². The zero-order valence-electron chi connectivity index (χ0n) is 22.6. The lowest BCUT2D eigenvalue weighted by Gasteiger charge is -2.16. The molecule has 1 atom stereocenters. The normalized spacial score (nSPS) is 11.9. The summed E-state index contributed by atoms with van der Waals surface area (Å²) in [6, 6.07) is 15.0. The lowest BCUT2D eigenvalue weighted by molar-refractivity contribution is -0.139. The van der Waals surface area contributed by atoms with Gasteiger partial charge in [0.2, 0.25) is 0 Å². The molecule has 0 fully saturated rings. The van der Waals surface area contributed by atoms with Crippen LogP contribution in [0.15, 0.2) is 72.8 Å². The largest absolute Gasteiger partial charge is 0.494 e. The molecular weight excluding hydrogens is 539 g/mol. The van der Waals surface area contributed by atoms with Crippen LogP contribution in [0.5, 0.6) is 11.5 Å². The number of carboxylic acids is 1. The van der Waals surface area contributed by atoms with Gasteiger partial charge in [0.05, 0.1) is 17.7 Å². The van der Waals surface area contributed by atoms with E-state index in [4.69, 9.17) is 9.47 Å². The molecule has 0 radical (unpaired) electrons. The first-order valence-corrected chi connectivity index (χ1v) is 13.3. The number of carbonyl (C=O) groups is 3. The third-order valence-corrected chi connectivity index (χ3v) is 6.24. The number of aliphatic carboxylic acids is 1. The number of esters is 1. The first kappa shape index (κ1) is 31.2. The number of nitrogens with one attached hydrogen (secondary N) is 1. The Balaban J connectivity index is 1.53. The monoisotopic (exact) mass is 571 g/mol. The summed E-state index contributed by atoms with van der Waals surface area (Å²) in [6.45, 7) is 2.77. The molecular formula is C31H32F3NO6. The van der Waals surface area contributed by atoms with Crippen LogP contribution in [0, 0.1) is 0 Å². The molecule has 0 bridgehead atoms. The second-order valence-corrected chi connectivity index (χ2v) is 9.47. The number of carboxylic acid groups (broad SMARTS) is 1. The Bertz CT molecular complexity index is 1310. The van der Waals surface area contributed by atoms with Crippen LogP contribution < -0.4 is 14.8 Å². The van der Waals surface area contributed by atoms with Crippen LogP contribution in [0.25, 0.3) is 0 Å². The third-order valence-electron chi connectivity index (χ3n) is 6.24. The Hall–Kier alpha value is -4.34. The van der Waals surface area contributed by atoms with Crippen molar-refractivity contribution in [3.05, 3.63) is 95.1 Å². The maximum atomic E-state index is 13.0. The minimum atomic E-state index is -4.64. The average Bonchev–Trinajstić information content (AvgIpc) is 2.95. The lowest BCUT2D eigenvalue weighted by Crippen LogP contribution is -2.42. The highest BCUT2D eigenvalue weighted by Gasteiger charge is 2.31. The van der Waals surface area contributed by atoms with E-state index in [-0.39, 0.29) is 17.7 Å². The van der Waals surface area contributed by atoms with Crippen molar-refractivity contribution in [2.45, 2.75) is 57.7 Å². The lowest BCUT2D eigenvalue weighted by atomic mass is 10.0. The number of benzene rings is 3. The maximum Gasteiger partial charge on any atom is 0.416 e. The number of carbonyl (C=O) groups excluding carboxylic acids is 2. The second kappa shape index (κ2) is 14.9. The molecule has 3 aromatic carbocycles. The van der Waals surface area contributed by atoms with E-state index in [1.54, 1.807) is 24.3 Å². The molecule has 0 unspecified atom stereocenters. The van der Waals surface area contributed by atoms with Crippen LogP contribution >= 0.6 is 0 Å². The fourth-order valence-electron chi connectivity index (χ4n) is 3.96. The van der Waals surface area contributed by atoms with Gasteiger partial charge in [-0.1, -0.05) is 50.8 Å². The van der Waals surface area contributed by atoms with E-state index in [0.717, 1.165) is 25.0 Å². The summed E-state index contributed by atoms with van der Waals surface area (Å²) in [7, 11) is 0. The Kier molecular flexibility index (Phi) is 11.3. The fourth-order valence-corrected chi connectivity index (χ4v) is 3.96. The minimum absolute atomic E-state index is 0.145. The highest BCUT2D eigenvalue weighted by molar-refractivity contribution is 5.96. The molecule has 0 aliphatic heterocycles. The molecule has 41 heavy (non-hydrogen) atoms. The van der Waals surface area contributed by atoms with Crippen LogP contribution in [0.4, 0.5) is 13.2 Å². The van der Waals surface area contributed by atoms with E-state index in [9.17, 15) is 32.7 Å². The van der Waals surface area contributed by atoms with E-state index in [1.165, 1.54) is 49.6 Å². The van der Waals surface area contributed by atoms with Crippen molar-refractivity contribution >= 4 is 17.8 Å². The number of hydrogen-bond acceptors (Lipinski definition) is 5. The summed E-state index contributed by atoms with van der Waals surface area (Å²) in [5.41, 5.74) is -0.500. The SMILES string of the molecule is CCCCCCCOc1ccc(C(=O)Oc2ccc(C[C@H](NC(=O)c3cccc(C(F)(F)F)c3)C(=O)O)cc2)cc1. The zero-order chi connectivity index (χ0) is 29.8. The van der Waals surface area contributed by atoms with Crippen molar-refractivity contribution in [3.8, 4) is 11.5 Å². The van der Waals surface area contributed by atoms with Gasteiger partial charge in [-0.25, -0.2) is 9.59 Å². The van der Waals surface area contributed by atoms with E-state index in [1.807, 2.05) is 0 Å². The summed E-state index contributed by atoms with van der Waals surface area (Å²) in [6.07, 6.45) is 0.881. The van der Waals surface area contributed by atoms with Gasteiger partial charge in [0, 0.05) is 12.0 Å². The van der Waals surface area contributed by atoms with Crippen LogP contribution in [-0.2, 0) is 17.4 Å².